The van der Waals surface area contributed by atoms with Crippen molar-refractivity contribution in [2.45, 2.75) is 44.0 Å². The average molecular weight is 456 g/mol. The second-order valence-corrected chi connectivity index (χ2v) is 8.77. The molecule has 9 nitrogen and oxygen atoms in total. The van der Waals surface area contributed by atoms with Crippen LogP contribution in [0.25, 0.3) is 0 Å². The van der Waals surface area contributed by atoms with Gasteiger partial charge in [0.2, 0.25) is 0 Å². The Balaban J connectivity index is 1.44. The summed E-state index contributed by atoms with van der Waals surface area (Å²) in [5.74, 6) is 1.88. The van der Waals surface area contributed by atoms with E-state index < -0.39 is 4.92 Å². The number of nitrogens with zero attached hydrogens (tertiary/aromatic N) is 5. The van der Waals surface area contributed by atoms with Crippen molar-refractivity contribution in [3.8, 4) is 0 Å². The highest BCUT2D eigenvalue weighted by Gasteiger charge is 2.28. The molecule has 1 aliphatic heterocycles. The van der Waals surface area contributed by atoms with Gasteiger partial charge in [-0.2, -0.15) is 0 Å². The molecule has 4 rings (SSSR count). The summed E-state index contributed by atoms with van der Waals surface area (Å²) in [4.78, 5) is 30.8. The third-order valence-corrected chi connectivity index (χ3v) is 6.81. The summed E-state index contributed by atoms with van der Waals surface area (Å²) in [7, 11) is 0. The summed E-state index contributed by atoms with van der Waals surface area (Å²) in [6, 6.07) is 4.70. The lowest BCUT2D eigenvalue weighted by molar-refractivity contribution is -0.387. The maximum atomic E-state index is 13.0. The van der Waals surface area contributed by atoms with Gasteiger partial charge in [-0.1, -0.05) is 5.16 Å². The first-order valence-corrected chi connectivity index (χ1v) is 11.7. The molecule has 1 fully saturated rings. The zero-order valence-electron chi connectivity index (χ0n) is 18.3. The van der Waals surface area contributed by atoms with E-state index in [2.05, 4.69) is 14.7 Å². The summed E-state index contributed by atoms with van der Waals surface area (Å²) in [6.07, 6.45) is 7.12. The van der Waals surface area contributed by atoms with Gasteiger partial charge in [-0.15, -0.1) is 11.8 Å². The van der Waals surface area contributed by atoms with Crippen LogP contribution in [-0.4, -0.2) is 49.8 Å². The maximum absolute atomic E-state index is 13.0. The highest BCUT2D eigenvalue weighted by Crippen LogP contribution is 2.31. The number of nitro benzene ring substituents is 1. The fourth-order valence-corrected chi connectivity index (χ4v) is 4.75. The molecule has 0 spiro atoms. The number of aryl methyl sites for hydroxylation is 2. The lowest BCUT2D eigenvalue weighted by Crippen LogP contribution is -2.38. The van der Waals surface area contributed by atoms with Gasteiger partial charge >= 0.3 is 0 Å². The lowest BCUT2D eigenvalue weighted by Gasteiger charge is -2.32. The number of benzene rings is 1. The number of thioether (sulfide) groups is 1. The Morgan fingerprint density at radius 1 is 1.31 bits per heavy atom. The molecule has 0 bridgehead atoms. The fraction of sp³-hybridized carbons (Fsp3) is 0.409. The fourth-order valence-electron chi connectivity index (χ4n) is 4.20. The van der Waals surface area contributed by atoms with Crippen LogP contribution in [0, 0.1) is 24.0 Å². The molecule has 3 heterocycles. The molecule has 3 aromatic rings. The first-order chi connectivity index (χ1) is 15.4. The smallest absolute Gasteiger partial charge is 0.283 e. The van der Waals surface area contributed by atoms with Gasteiger partial charge in [-0.25, -0.2) is 4.98 Å². The molecule has 0 atom stereocenters. The van der Waals surface area contributed by atoms with Crippen molar-refractivity contribution in [1.82, 2.24) is 19.6 Å². The average Bonchev–Trinajstić information content (AvgIpc) is 3.40. The molecule has 0 unspecified atom stereocenters. The van der Waals surface area contributed by atoms with E-state index in [4.69, 9.17) is 4.52 Å². The van der Waals surface area contributed by atoms with E-state index in [0.717, 1.165) is 35.7 Å². The summed E-state index contributed by atoms with van der Waals surface area (Å²) in [5, 5.41) is 15.4. The van der Waals surface area contributed by atoms with E-state index in [0.29, 0.717) is 30.1 Å². The van der Waals surface area contributed by atoms with E-state index in [9.17, 15) is 14.9 Å². The minimum absolute atomic E-state index is 0.0282. The molecule has 0 saturated carbocycles. The number of imidazole rings is 1. The molecular weight excluding hydrogens is 430 g/mol. The lowest BCUT2D eigenvalue weighted by atomic mass is 9.95. The molecule has 1 amide bonds. The van der Waals surface area contributed by atoms with E-state index in [1.807, 2.05) is 20.0 Å². The van der Waals surface area contributed by atoms with Gasteiger partial charge in [-0.05, 0) is 45.1 Å². The number of rotatable bonds is 6. The Morgan fingerprint density at radius 2 is 2.06 bits per heavy atom. The largest absolute Gasteiger partial charge is 0.361 e. The van der Waals surface area contributed by atoms with Gasteiger partial charge in [0, 0.05) is 48.6 Å². The van der Waals surface area contributed by atoms with Crippen molar-refractivity contribution in [2.75, 3.05) is 19.3 Å². The SMILES string of the molecule is CSc1ccc(C(=O)N2CCC(c3nccn3Cc3c(C)noc3C)CC2)cc1[N+](=O)[O-]. The quantitative estimate of drug-likeness (QED) is 0.312. The number of hydrogen-bond donors (Lipinski definition) is 0. The number of likely N-dealkylation sites (tertiary alicyclic amines) is 1. The van der Waals surface area contributed by atoms with Crippen molar-refractivity contribution in [1.29, 1.82) is 0 Å². The van der Waals surface area contributed by atoms with E-state index in [1.54, 1.807) is 29.5 Å². The standard InChI is InChI=1S/C22H25N5O4S/c1-14-18(15(2)31-24-14)13-26-11-8-23-21(26)16-6-9-25(10-7-16)22(28)17-4-5-20(32-3)19(12-17)27(29)30/h4-5,8,11-12,16H,6-7,9-10,13H2,1-3H3. The third kappa shape index (κ3) is 4.27. The summed E-state index contributed by atoms with van der Waals surface area (Å²) >= 11 is 1.30. The monoisotopic (exact) mass is 455 g/mol. The number of carbonyl (C=O) groups excluding carboxylic acids is 1. The van der Waals surface area contributed by atoms with E-state index >= 15 is 0 Å². The van der Waals surface area contributed by atoms with Crippen molar-refractivity contribution in [2.24, 2.45) is 0 Å². The van der Waals surface area contributed by atoms with E-state index in [-0.39, 0.29) is 17.5 Å². The summed E-state index contributed by atoms with van der Waals surface area (Å²) in [5.41, 5.74) is 2.27. The Kier molecular flexibility index (Phi) is 6.31. The number of carbonyl (C=O) groups is 1. The van der Waals surface area contributed by atoms with Crippen LogP contribution < -0.4 is 0 Å². The first-order valence-electron chi connectivity index (χ1n) is 10.4. The van der Waals surface area contributed by atoms with Crippen molar-refractivity contribution in [3.05, 3.63) is 69.1 Å². The van der Waals surface area contributed by atoms with Crippen LogP contribution >= 0.6 is 11.8 Å². The van der Waals surface area contributed by atoms with E-state index in [1.165, 1.54) is 17.8 Å². The molecular formula is C22H25N5O4S. The molecule has 168 valence electrons. The maximum Gasteiger partial charge on any atom is 0.283 e. The van der Waals surface area contributed by atoms with Gasteiger partial charge in [0.15, 0.2) is 0 Å². The van der Waals surface area contributed by atoms with Gasteiger partial charge < -0.3 is 14.0 Å². The minimum atomic E-state index is -0.437. The molecule has 32 heavy (non-hydrogen) atoms. The van der Waals surface area contributed by atoms with Crippen molar-refractivity contribution < 1.29 is 14.2 Å². The minimum Gasteiger partial charge on any atom is -0.361 e. The normalized spacial score (nSPS) is 14.7. The van der Waals surface area contributed by atoms with Crippen LogP contribution in [0.3, 0.4) is 0 Å². The Hall–Kier alpha value is -3.14. The van der Waals surface area contributed by atoms with Crippen LogP contribution in [-0.2, 0) is 6.54 Å². The summed E-state index contributed by atoms with van der Waals surface area (Å²) < 4.78 is 7.40. The van der Waals surface area contributed by atoms with Crippen molar-refractivity contribution >= 4 is 23.4 Å². The first kappa shape index (κ1) is 22.1. The highest BCUT2D eigenvalue weighted by molar-refractivity contribution is 7.98. The zero-order chi connectivity index (χ0) is 22.8. The molecule has 1 aromatic carbocycles. The van der Waals surface area contributed by atoms with Gasteiger partial charge in [0.05, 0.1) is 22.1 Å². The number of aromatic nitrogens is 3. The summed E-state index contributed by atoms with van der Waals surface area (Å²) in [6.45, 7) is 5.66. The van der Waals surface area contributed by atoms with Crippen LogP contribution in [0.15, 0.2) is 40.0 Å². The van der Waals surface area contributed by atoms with Crippen molar-refractivity contribution in [3.63, 3.8) is 0 Å². The number of nitro groups is 1. The number of hydrogen-bond acceptors (Lipinski definition) is 7. The predicted molar refractivity (Wildman–Crippen MR) is 120 cm³/mol. The predicted octanol–water partition coefficient (Wildman–Crippen LogP) is 4.19. The zero-order valence-corrected chi connectivity index (χ0v) is 19.1. The van der Waals surface area contributed by atoms with Crippen LogP contribution in [0.5, 0.6) is 0 Å². The molecule has 1 aliphatic rings. The van der Waals surface area contributed by atoms with Crippen LogP contribution in [0.1, 0.15) is 52.0 Å². The Bertz CT molecular complexity index is 1130. The van der Waals surface area contributed by atoms with Gasteiger partial charge in [0.1, 0.15) is 11.6 Å². The Labute approximate surface area is 189 Å². The topological polar surface area (TPSA) is 107 Å². The van der Waals surface area contributed by atoms with Gasteiger partial charge in [0.25, 0.3) is 11.6 Å². The molecule has 10 heteroatoms. The molecule has 0 N–H and O–H groups in total. The van der Waals surface area contributed by atoms with Crippen LogP contribution in [0.4, 0.5) is 5.69 Å². The molecule has 1 saturated heterocycles. The number of piperidine rings is 1. The molecule has 0 aliphatic carbocycles. The second kappa shape index (κ2) is 9.15. The number of amides is 1. The Morgan fingerprint density at radius 3 is 2.69 bits per heavy atom. The molecule has 0 radical (unpaired) electrons. The third-order valence-electron chi connectivity index (χ3n) is 6.03. The highest BCUT2D eigenvalue weighted by atomic mass is 32.2. The molecule has 2 aromatic heterocycles. The second-order valence-electron chi connectivity index (χ2n) is 7.93. The van der Waals surface area contributed by atoms with Gasteiger partial charge in [-0.3, -0.25) is 14.9 Å². The van der Waals surface area contributed by atoms with Crippen LogP contribution in [0.2, 0.25) is 0 Å².